The first-order chi connectivity index (χ1) is 31.2. The maximum atomic E-state index is 7.14. The quantitative estimate of drug-likeness (QED) is 0.174. The Bertz CT molecular complexity index is 3560. The predicted octanol–water partition coefficient (Wildman–Crippen LogP) is 15.2. The maximum Gasteiger partial charge on any atom is 0.164 e. The Morgan fingerprint density at radius 3 is 1.70 bits per heavy atom. The summed E-state index contributed by atoms with van der Waals surface area (Å²) < 4.78 is 13.8. The molecule has 1 aliphatic carbocycles. The maximum absolute atomic E-state index is 7.14. The average molecular weight is 805 g/mol. The molecule has 0 amide bonds. The average Bonchev–Trinajstić information content (AvgIpc) is 3.88. The summed E-state index contributed by atoms with van der Waals surface area (Å²) in [6, 6.07) is 77.0. The fourth-order valence-electron chi connectivity index (χ4n) is 10.3. The zero-order chi connectivity index (χ0) is 41.5. The molecule has 0 N–H and O–H groups in total. The third-order valence-corrected chi connectivity index (χ3v) is 13.0. The van der Waals surface area contributed by atoms with Gasteiger partial charge in [0.05, 0.1) is 22.4 Å². The molecule has 2 aromatic heterocycles. The molecule has 4 nitrogen and oxygen atoms in total. The monoisotopic (exact) mass is 804 g/mol. The number of rotatable bonds is 5. The lowest BCUT2D eigenvalue weighted by Crippen LogP contribution is -2.32. The van der Waals surface area contributed by atoms with Crippen LogP contribution in [0.2, 0.25) is 0 Å². The van der Waals surface area contributed by atoms with Gasteiger partial charge in [-0.3, -0.25) is 0 Å². The van der Waals surface area contributed by atoms with Crippen LogP contribution in [0.15, 0.2) is 223 Å². The third kappa shape index (κ3) is 5.28. The molecule has 4 heteroatoms. The van der Waals surface area contributed by atoms with Crippen molar-refractivity contribution >= 4 is 21.9 Å². The Morgan fingerprint density at radius 2 is 0.921 bits per heavy atom. The van der Waals surface area contributed by atoms with Crippen LogP contribution in [0.5, 0.6) is 11.5 Å². The third-order valence-electron chi connectivity index (χ3n) is 13.0. The molecule has 2 aliphatic rings. The second-order valence-corrected chi connectivity index (χ2v) is 16.4. The summed E-state index contributed by atoms with van der Waals surface area (Å²) >= 11 is 0. The zero-order valence-electron chi connectivity index (χ0n) is 34.0. The molecule has 11 aromatic rings. The number of aromatic nitrogens is 2. The number of fused-ring (bicyclic) bond motifs is 12. The highest BCUT2D eigenvalue weighted by atomic mass is 16.5. The number of furan rings is 1. The van der Waals surface area contributed by atoms with E-state index in [2.05, 4.69) is 206 Å². The van der Waals surface area contributed by atoms with Crippen LogP contribution in [0, 0.1) is 0 Å². The minimum atomic E-state index is -0.624. The Hall–Kier alpha value is -8.34. The van der Waals surface area contributed by atoms with Crippen molar-refractivity contribution < 1.29 is 9.15 Å². The summed E-state index contributed by atoms with van der Waals surface area (Å²) in [4.78, 5) is 11.1. The second-order valence-electron chi connectivity index (χ2n) is 16.4. The molecule has 1 spiro atoms. The molecule has 0 atom stereocenters. The molecule has 0 saturated heterocycles. The molecule has 0 fully saturated rings. The van der Waals surface area contributed by atoms with Crippen LogP contribution < -0.4 is 4.74 Å². The van der Waals surface area contributed by atoms with Crippen molar-refractivity contribution in [3.63, 3.8) is 0 Å². The van der Waals surface area contributed by atoms with E-state index >= 15 is 0 Å². The van der Waals surface area contributed by atoms with E-state index in [1.54, 1.807) is 0 Å². The first kappa shape index (κ1) is 35.4. The van der Waals surface area contributed by atoms with Gasteiger partial charge in [0.2, 0.25) is 0 Å². The summed E-state index contributed by atoms with van der Waals surface area (Å²) in [7, 11) is 0. The molecule has 1 aliphatic heterocycles. The van der Waals surface area contributed by atoms with Crippen molar-refractivity contribution in [2.75, 3.05) is 0 Å². The lowest BCUT2D eigenvalue weighted by Gasteiger charge is -2.39. The second kappa shape index (κ2) is 13.8. The van der Waals surface area contributed by atoms with Crippen molar-refractivity contribution in [1.82, 2.24) is 9.97 Å². The fourth-order valence-corrected chi connectivity index (χ4v) is 10.3. The summed E-state index contributed by atoms with van der Waals surface area (Å²) in [5.74, 6) is 2.12. The van der Waals surface area contributed by atoms with Crippen molar-refractivity contribution in [2.24, 2.45) is 0 Å². The molecular formula is C59H36N2O2. The van der Waals surface area contributed by atoms with Crippen LogP contribution in [0.1, 0.15) is 22.3 Å². The molecule has 0 radical (unpaired) electrons. The van der Waals surface area contributed by atoms with Gasteiger partial charge < -0.3 is 9.15 Å². The van der Waals surface area contributed by atoms with E-state index in [0.717, 1.165) is 94.9 Å². The molecule has 0 saturated carbocycles. The molecule has 3 heterocycles. The summed E-state index contributed by atoms with van der Waals surface area (Å²) in [5.41, 5.74) is 16.8. The van der Waals surface area contributed by atoms with E-state index in [0.29, 0.717) is 5.82 Å². The minimum absolute atomic E-state index is 0.563. The van der Waals surface area contributed by atoms with Crippen LogP contribution in [-0.2, 0) is 5.41 Å². The number of hydrogen-bond acceptors (Lipinski definition) is 4. The van der Waals surface area contributed by atoms with Crippen molar-refractivity contribution in [3.05, 3.63) is 241 Å². The lowest BCUT2D eigenvalue weighted by atomic mass is 9.66. The summed E-state index contributed by atoms with van der Waals surface area (Å²) in [5, 5.41) is 2.11. The Labute approximate surface area is 364 Å². The summed E-state index contributed by atoms with van der Waals surface area (Å²) in [6.45, 7) is 0. The number of benzene rings is 9. The van der Waals surface area contributed by atoms with E-state index in [1.165, 1.54) is 22.3 Å². The highest BCUT2D eigenvalue weighted by Crippen LogP contribution is 2.63. The van der Waals surface area contributed by atoms with Crippen LogP contribution in [0.4, 0.5) is 0 Å². The van der Waals surface area contributed by atoms with Gasteiger partial charge in [-0.1, -0.05) is 182 Å². The molecule has 13 rings (SSSR count). The molecule has 0 unspecified atom stereocenters. The number of para-hydroxylation sites is 4. The van der Waals surface area contributed by atoms with Gasteiger partial charge in [-0.25, -0.2) is 9.97 Å². The molecule has 9 aromatic carbocycles. The van der Waals surface area contributed by atoms with Gasteiger partial charge in [-0.15, -0.1) is 0 Å². The number of hydrogen-bond donors (Lipinski definition) is 0. The van der Waals surface area contributed by atoms with E-state index in [1.807, 2.05) is 12.1 Å². The van der Waals surface area contributed by atoms with Gasteiger partial charge in [0, 0.05) is 33.0 Å². The molecule has 0 bridgehead atoms. The van der Waals surface area contributed by atoms with E-state index in [-0.39, 0.29) is 0 Å². The van der Waals surface area contributed by atoms with Crippen LogP contribution in [0.25, 0.3) is 89.2 Å². The van der Waals surface area contributed by atoms with Crippen LogP contribution in [0.3, 0.4) is 0 Å². The topological polar surface area (TPSA) is 48.2 Å². The molecule has 63 heavy (non-hydrogen) atoms. The van der Waals surface area contributed by atoms with Gasteiger partial charge in [0.15, 0.2) is 5.82 Å². The highest BCUT2D eigenvalue weighted by molar-refractivity contribution is 6.09. The smallest absolute Gasteiger partial charge is 0.164 e. The van der Waals surface area contributed by atoms with E-state index < -0.39 is 5.41 Å². The van der Waals surface area contributed by atoms with Crippen LogP contribution in [-0.4, -0.2) is 9.97 Å². The lowest BCUT2D eigenvalue weighted by molar-refractivity contribution is 0.437. The summed E-state index contributed by atoms with van der Waals surface area (Å²) in [6.07, 6.45) is 0. The highest BCUT2D eigenvalue weighted by Gasteiger charge is 2.51. The normalized spacial score (nSPS) is 13.0. The van der Waals surface area contributed by atoms with Gasteiger partial charge in [0.1, 0.15) is 22.7 Å². The van der Waals surface area contributed by atoms with Gasteiger partial charge in [-0.2, -0.15) is 0 Å². The minimum Gasteiger partial charge on any atom is -0.456 e. The van der Waals surface area contributed by atoms with Crippen molar-refractivity contribution in [1.29, 1.82) is 0 Å². The van der Waals surface area contributed by atoms with Crippen molar-refractivity contribution in [3.8, 4) is 78.8 Å². The predicted molar refractivity (Wildman–Crippen MR) is 254 cm³/mol. The van der Waals surface area contributed by atoms with Gasteiger partial charge in [-0.05, 0) is 80.9 Å². The molecular weight excluding hydrogens is 769 g/mol. The van der Waals surface area contributed by atoms with Crippen molar-refractivity contribution in [2.45, 2.75) is 5.41 Å². The number of ether oxygens (including phenoxy) is 1. The number of nitrogens with zero attached hydrogens (tertiary/aromatic N) is 2. The largest absolute Gasteiger partial charge is 0.456 e. The first-order valence-corrected chi connectivity index (χ1v) is 21.4. The SMILES string of the molecule is c1ccc(-c2ccc(-c3cc(-c4cccc5c4oc4ccccc45)nc(-c4cccc5c4Oc4ccccc4C54c5ccccc5-c5ccccc54)n3)c(-c3ccccc3)c2)cc1. The fraction of sp³-hybridized carbons (Fsp3) is 0.0169. The Kier molecular flexibility index (Phi) is 7.79. The van der Waals surface area contributed by atoms with Crippen LogP contribution >= 0.6 is 0 Å². The Morgan fingerprint density at radius 1 is 0.349 bits per heavy atom. The molecule has 294 valence electrons. The van der Waals surface area contributed by atoms with E-state index in [9.17, 15) is 0 Å². The standard InChI is InChI=1S/C59H36N2O2/c1-3-17-37(18-4-1)39-33-34-42(47(35-39)38-19-5-2-6-20-38)52-36-53(45-25-15-24-44-43-23-9-13-31-54(43)62-56(44)45)61-58(60-52)46-26-16-30-51-57(46)63-55-32-14-12-29-50(55)59(51)48-27-10-7-21-40(48)41-22-8-11-28-49(41)59/h1-36H. The van der Waals surface area contributed by atoms with Gasteiger partial charge in [0.25, 0.3) is 0 Å². The first-order valence-electron chi connectivity index (χ1n) is 21.4. The Balaban J connectivity index is 1.10. The van der Waals surface area contributed by atoms with Gasteiger partial charge >= 0.3 is 0 Å². The van der Waals surface area contributed by atoms with E-state index in [4.69, 9.17) is 19.1 Å². The zero-order valence-corrected chi connectivity index (χ0v) is 34.0.